The van der Waals surface area contributed by atoms with Gasteiger partial charge < -0.3 is 10.8 Å². The molecule has 0 aromatic heterocycles. The van der Waals surface area contributed by atoms with Crippen LogP contribution in [-0.4, -0.2) is 35.2 Å². The first-order valence-corrected chi connectivity index (χ1v) is 7.92. The minimum absolute atomic E-state index is 0.0725. The van der Waals surface area contributed by atoms with Gasteiger partial charge in [0, 0.05) is 17.1 Å². The first-order valence-electron chi connectivity index (χ1n) is 7.55. The van der Waals surface area contributed by atoms with Crippen LogP contribution in [0.1, 0.15) is 44.2 Å². The Kier molecular flexibility index (Phi) is 5.85. The lowest BCUT2D eigenvalue weighted by molar-refractivity contribution is 0.0416. The number of nitrogens with two attached hydrogens (primary N) is 1. The molecular formula is C16H25ClN2O. The van der Waals surface area contributed by atoms with Gasteiger partial charge in [-0.15, -0.1) is 0 Å². The Balaban J connectivity index is 2.28. The van der Waals surface area contributed by atoms with Crippen LogP contribution >= 0.6 is 11.6 Å². The molecule has 2 rings (SSSR count). The zero-order chi connectivity index (χ0) is 14.5. The van der Waals surface area contributed by atoms with Crippen molar-refractivity contribution in [1.82, 2.24) is 4.90 Å². The molecule has 1 aliphatic heterocycles. The normalized spacial score (nSPS) is 23.5. The molecule has 0 amide bonds. The van der Waals surface area contributed by atoms with E-state index in [0.29, 0.717) is 0 Å². The number of piperidine rings is 1. The van der Waals surface area contributed by atoms with E-state index >= 15 is 0 Å². The molecule has 1 saturated heterocycles. The number of likely N-dealkylation sites (tertiary alicyclic amines) is 1. The molecule has 0 bridgehead atoms. The fourth-order valence-corrected chi connectivity index (χ4v) is 3.28. The summed E-state index contributed by atoms with van der Waals surface area (Å²) in [6, 6.07) is 8.42. The van der Waals surface area contributed by atoms with Gasteiger partial charge in [0.2, 0.25) is 0 Å². The molecule has 0 radical (unpaired) electrons. The largest absolute Gasteiger partial charge is 0.395 e. The lowest BCUT2D eigenvalue weighted by Crippen LogP contribution is -2.49. The number of hydrogen-bond donors (Lipinski definition) is 2. The molecule has 3 unspecified atom stereocenters. The van der Waals surface area contributed by atoms with E-state index in [1.54, 1.807) is 0 Å². The van der Waals surface area contributed by atoms with E-state index in [9.17, 15) is 5.11 Å². The summed E-state index contributed by atoms with van der Waals surface area (Å²) in [5.74, 6) is 0. The van der Waals surface area contributed by atoms with Gasteiger partial charge in [0.15, 0.2) is 0 Å². The number of rotatable bonds is 5. The van der Waals surface area contributed by atoms with Crippen molar-refractivity contribution in [2.75, 3.05) is 13.2 Å². The minimum Gasteiger partial charge on any atom is -0.395 e. The highest BCUT2D eigenvalue weighted by molar-refractivity contribution is 6.30. The molecule has 0 saturated carbocycles. The average molecular weight is 297 g/mol. The first-order chi connectivity index (χ1) is 9.67. The van der Waals surface area contributed by atoms with Gasteiger partial charge in [-0.3, -0.25) is 4.90 Å². The standard InChI is InChI=1S/C16H25ClN2O/c1-2-15(18)16(12-6-8-13(17)9-7-12)19-10-4-3-5-14(19)11-20/h6-9,14-16,20H,2-5,10-11,18H2,1H3. The van der Waals surface area contributed by atoms with Crippen molar-refractivity contribution in [3.63, 3.8) is 0 Å². The van der Waals surface area contributed by atoms with Crippen molar-refractivity contribution in [2.24, 2.45) is 5.73 Å². The molecular weight excluding hydrogens is 272 g/mol. The zero-order valence-corrected chi connectivity index (χ0v) is 12.9. The van der Waals surface area contributed by atoms with Crippen LogP contribution in [0.2, 0.25) is 5.02 Å². The first kappa shape index (κ1) is 15.8. The van der Waals surface area contributed by atoms with Crippen molar-refractivity contribution >= 4 is 11.6 Å². The van der Waals surface area contributed by atoms with E-state index in [1.807, 2.05) is 12.1 Å². The lowest BCUT2D eigenvalue weighted by atomic mass is 9.91. The molecule has 20 heavy (non-hydrogen) atoms. The highest BCUT2D eigenvalue weighted by atomic mass is 35.5. The van der Waals surface area contributed by atoms with Gasteiger partial charge in [0.05, 0.1) is 12.6 Å². The molecule has 1 heterocycles. The maximum Gasteiger partial charge on any atom is 0.0587 e. The van der Waals surface area contributed by atoms with Gasteiger partial charge in [-0.05, 0) is 43.5 Å². The number of nitrogens with zero attached hydrogens (tertiary/aromatic N) is 1. The molecule has 1 fully saturated rings. The number of hydrogen-bond acceptors (Lipinski definition) is 3. The summed E-state index contributed by atoms with van der Waals surface area (Å²) >= 11 is 5.99. The maximum absolute atomic E-state index is 9.65. The van der Waals surface area contributed by atoms with Crippen molar-refractivity contribution < 1.29 is 5.11 Å². The topological polar surface area (TPSA) is 49.5 Å². The molecule has 4 heteroatoms. The third-order valence-electron chi connectivity index (χ3n) is 4.33. The number of aliphatic hydroxyl groups excluding tert-OH is 1. The smallest absolute Gasteiger partial charge is 0.0587 e. The summed E-state index contributed by atoms with van der Waals surface area (Å²) in [7, 11) is 0. The molecule has 3 nitrogen and oxygen atoms in total. The lowest BCUT2D eigenvalue weighted by Gasteiger charge is -2.43. The minimum atomic E-state index is 0.0725. The van der Waals surface area contributed by atoms with E-state index in [0.717, 1.165) is 24.4 Å². The molecule has 1 aromatic rings. The van der Waals surface area contributed by atoms with Gasteiger partial charge in [0.25, 0.3) is 0 Å². The summed E-state index contributed by atoms with van der Waals surface area (Å²) in [6.45, 7) is 3.33. The van der Waals surface area contributed by atoms with Crippen molar-refractivity contribution in [3.05, 3.63) is 34.9 Å². The van der Waals surface area contributed by atoms with Crippen LogP contribution in [0.4, 0.5) is 0 Å². The quantitative estimate of drug-likeness (QED) is 0.878. The maximum atomic E-state index is 9.65. The van der Waals surface area contributed by atoms with Crippen LogP contribution < -0.4 is 5.73 Å². The number of aliphatic hydroxyl groups is 1. The fraction of sp³-hybridized carbons (Fsp3) is 0.625. The summed E-state index contributed by atoms with van der Waals surface area (Å²) in [6.07, 6.45) is 4.34. The second-order valence-corrected chi connectivity index (χ2v) is 6.07. The van der Waals surface area contributed by atoms with Crippen LogP contribution in [0.5, 0.6) is 0 Å². The van der Waals surface area contributed by atoms with Gasteiger partial charge in [0.1, 0.15) is 0 Å². The number of benzene rings is 1. The highest BCUT2D eigenvalue weighted by Crippen LogP contribution is 2.32. The van der Waals surface area contributed by atoms with Crippen LogP contribution in [0.3, 0.4) is 0 Å². The van der Waals surface area contributed by atoms with Crippen molar-refractivity contribution in [3.8, 4) is 0 Å². The Hall–Kier alpha value is -0.610. The molecule has 3 atom stereocenters. The van der Waals surface area contributed by atoms with Crippen LogP contribution in [0, 0.1) is 0 Å². The van der Waals surface area contributed by atoms with E-state index < -0.39 is 0 Å². The SMILES string of the molecule is CCC(N)C(c1ccc(Cl)cc1)N1CCCCC1CO. The average Bonchev–Trinajstić information content (AvgIpc) is 2.49. The molecule has 3 N–H and O–H groups in total. The zero-order valence-electron chi connectivity index (χ0n) is 12.1. The van der Waals surface area contributed by atoms with Gasteiger partial charge in [-0.1, -0.05) is 37.1 Å². The Morgan fingerprint density at radius 1 is 1.35 bits per heavy atom. The van der Waals surface area contributed by atoms with Gasteiger partial charge in [-0.25, -0.2) is 0 Å². The summed E-state index contributed by atoms with van der Waals surface area (Å²) in [5, 5.41) is 10.4. The molecule has 0 aliphatic carbocycles. The van der Waals surface area contributed by atoms with E-state index in [2.05, 4.69) is 24.0 Å². The van der Waals surface area contributed by atoms with Crippen LogP contribution in [-0.2, 0) is 0 Å². The summed E-state index contributed by atoms with van der Waals surface area (Å²) in [5.41, 5.74) is 7.58. The third-order valence-corrected chi connectivity index (χ3v) is 4.58. The Morgan fingerprint density at radius 3 is 2.65 bits per heavy atom. The number of halogens is 1. The van der Waals surface area contributed by atoms with E-state index in [-0.39, 0.29) is 24.7 Å². The van der Waals surface area contributed by atoms with Crippen LogP contribution in [0.15, 0.2) is 24.3 Å². The molecule has 112 valence electrons. The second-order valence-electron chi connectivity index (χ2n) is 5.64. The van der Waals surface area contributed by atoms with Crippen molar-refractivity contribution in [2.45, 2.75) is 50.7 Å². The molecule has 1 aromatic carbocycles. The Morgan fingerprint density at radius 2 is 2.05 bits per heavy atom. The monoisotopic (exact) mass is 296 g/mol. The third kappa shape index (κ3) is 3.53. The van der Waals surface area contributed by atoms with Crippen LogP contribution in [0.25, 0.3) is 0 Å². The predicted molar refractivity (Wildman–Crippen MR) is 83.9 cm³/mol. The summed E-state index contributed by atoms with van der Waals surface area (Å²) < 4.78 is 0. The summed E-state index contributed by atoms with van der Waals surface area (Å²) in [4.78, 5) is 2.39. The van der Waals surface area contributed by atoms with Gasteiger partial charge in [-0.2, -0.15) is 0 Å². The predicted octanol–water partition coefficient (Wildman–Crippen LogP) is 2.97. The Labute approximate surface area is 126 Å². The van der Waals surface area contributed by atoms with E-state index in [1.165, 1.54) is 18.4 Å². The van der Waals surface area contributed by atoms with Crippen molar-refractivity contribution in [1.29, 1.82) is 0 Å². The highest BCUT2D eigenvalue weighted by Gasteiger charge is 2.32. The van der Waals surface area contributed by atoms with E-state index in [4.69, 9.17) is 17.3 Å². The Bertz CT molecular complexity index is 409. The van der Waals surface area contributed by atoms with Gasteiger partial charge >= 0.3 is 0 Å². The second kappa shape index (κ2) is 7.41. The molecule has 0 spiro atoms. The fourth-order valence-electron chi connectivity index (χ4n) is 3.15. The molecule has 1 aliphatic rings.